The highest BCUT2D eigenvalue weighted by molar-refractivity contribution is 14.0. The molecule has 0 atom stereocenters. The van der Waals surface area contributed by atoms with Crippen LogP contribution in [0.5, 0.6) is 5.75 Å². The highest BCUT2D eigenvalue weighted by atomic mass is 127. The zero-order valence-corrected chi connectivity index (χ0v) is 18.6. The average molecular weight is 491 g/mol. The van der Waals surface area contributed by atoms with E-state index < -0.39 is 0 Å². The van der Waals surface area contributed by atoms with E-state index in [0.29, 0.717) is 19.8 Å². The third-order valence-corrected chi connectivity index (χ3v) is 4.47. The highest BCUT2D eigenvalue weighted by Gasteiger charge is 2.26. The summed E-state index contributed by atoms with van der Waals surface area (Å²) in [7, 11) is 4.88. The number of hydrogen-bond donors (Lipinski definition) is 1. The van der Waals surface area contributed by atoms with Crippen LogP contribution in [0.2, 0.25) is 0 Å². The van der Waals surface area contributed by atoms with Crippen LogP contribution in [0.25, 0.3) is 0 Å². The number of likely N-dealkylation sites (tertiary alicyclic amines) is 1. The number of nitrogens with one attached hydrogen (secondary N) is 1. The van der Waals surface area contributed by atoms with Gasteiger partial charge in [-0.15, -0.1) is 24.0 Å². The van der Waals surface area contributed by atoms with Crippen LogP contribution in [0.3, 0.4) is 0 Å². The zero-order valence-electron chi connectivity index (χ0n) is 16.3. The molecule has 1 aliphatic rings. The largest absolute Gasteiger partial charge is 0.491 e. The molecule has 1 aromatic rings. The number of esters is 1. The van der Waals surface area contributed by atoms with Crippen molar-refractivity contribution in [2.75, 3.05) is 47.6 Å². The lowest BCUT2D eigenvalue weighted by atomic mass is 9.97. The molecule has 1 saturated heterocycles. The number of ether oxygens (including phenoxy) is 3. The van der Waals surface area contributed by atoms with Crippen LogP contribution in [-0.2, 0) is 20.8 Å². The van der Waals surface area contributed by atoms with Gasteiger partial charge in [0.2, 0.25) is 0 Å². The summed E-state index contributed by atoms with van der Waals surface area (Å²) in [6, 6.07) is 7.98. The van der Waals surface area contributed by atoms with Crippen LogP contribution < -0.4 is 10.1 Å². The fourth-order valence-electron chi connectivity index (χ4n) is 2.95. The van der Waals surface area contributed by atoms with Gasteiger partial charge in [0, 0.05) is 33.8 Å². The Balaban J connectivity index is 0.00000364. The number of methoxy groups -OCH3 is 2. The lowest BCUT2D eigenvalue weighted by molar-refractivity contribution is -0.146. The van der Waals surface area contributed by atoms with E-state index in [1.807, 2.05) is 24.3 Å². The third-order valence-electron chi connectivity index (χ3n) is 4.47. The SMILES string of the molecule is CN=C(NCc1ccc(OCCOC)cc1)N1CCC(C(=O)OC)CC1.I. The minimum atomic E-state index is -0.111. The first-order valence-corrected chi connectivity index (χ1v) is 8.92. The molecular formula is C19H30IN3O4. The van der Waals surface area contributed by atoms with E-state index in [1.165, 1.54) is 7.11 Å². The zero-order chi connectivity index (χ0) is 18.8. The Kier molecular flexibility index (Phi) is 11.1. The Morgan fingerprint density at radius 3 is 2.41 bits per heavy atom. The normalized spacial score (nSPS) is 15.1. The second-order valence-electron chi connectivity index (χ2n) is 6.17. The van der Waals surface area contributed by atoms with Gasteiger partial charge in [0.25, 0.3) is 0 Å². The van der Waals surface area contributed by atoms with Crippen molar-refractivity contribution in [3.05, 3.63) is 29.8 Å². The molecule has 8 heteroatoms. The second-order valence-corrected chi connectivity index (χ2v) is 6.17. The molecule has 0 aromatic heterocycles. The van der Waals surface area contributed by atoms with Crippen LogP contribution in [-0.4, -0.2) is 64.4 Å². The summed E-state index contributed by atoms with van der Waals surface area (Å²) in [5.41, 5.74) is 1.15. The standard InChI is InChI=1S/C19H29N3O4.HI/c1-20-19(22-10-8-16(9-11-22)18(23)25-3)21-14-15-4-6-17(7-5-15)26-13-12-24-2;/h4-7,16H,8-14H2,1-3H3,(H,20,21);1H. The van der Waals surface area contributed by atoms with Gasteiger partial charge in [-0.3, -0.25) is 9.79 Å². The summed E-state index contributed by atoms with van der Waals surface area (Å²) >= 11 is 0. The lowest BCUT2D eigenvalue weighted by Gasteiger charge is -2.33. The van der Waals surface area contributed by atoms with Crippen molar-refractivity contribution in [3.63, 3.8) is 0 Å². The summed E-state index contributed by atoms with van der Waals surface area (Å²) in [5.74, 6) is 1.58. The minimum absolute atomic E-state index is 0. The molecule has 7 nitrogen and oxygen atoms in total. The van der Waals surface area contributed by atoms with Gasteiger partial charge >= 0.3 is 5.97 Å². The summed E-state index contributed by atoms with van der Waals surface area (Å²) in [5, 5.41) is 3.38. The van der Waals surface area contributed by atoms with Crippen molar-refractivity contribution >= 4 is 35.9 Å². The van der Waals surface area contributed by atoms with Crippen LogP contribution in [0.15, 0.2) is 29.3 Å². The number of hydrogen-bond acceptors (Lipinski definition) is 5. The molecule has 0 radical (unpaired) electrons. The molecule has 0 bridgehead atoms. The minimum Gasteiger partial charge on any atom is -0.491 e. The Hall–Kier alpha value is -1.55. The Bertz CT molecular complexity index is 587. The van der Waals surface area contributed by atoms with E-state index in [2.05, 4.69) is 15.2 Å². The van der Waals surface area contributed by atoms with E-state index in [9.17, 15) is 4.79 Å². The van der Waals surface area contributed by atoms with Crippen LogP contribution >= 0.6 is 24.0 Å². The van der Waals surface area contributed by atoms with Gasteiger partial charge in [-0.1, -0.05) is 12.1 Å². The van der Waals surface area contributed by atoms with Crippen molar-refractivity contribution in [1.29, 1.82) is 0 Å². The van der Waals surface area contributed by atoms with Gasteiger partial charge in [-0.05, 0) is 30.5 Å². The highest BCUT2D eigenvalue weighted by Crippen LogP contribution is 2.18. The Morgan fingerprint density at radius 2 is 1.85 bits per heavy atom. The third kappa shape index (κ3) is 7.53. The average Bonchev–Trinajstić information content (AvgIpc) is 2.69. The molecule has 27 heavy (non-hydrogen) atoms. The maximum Gasteiger partial charge on any atom is 0.308 e. The fraction of sp³-hybridized carbons (Fsp3) is 0.579. The smallest absolute Gasteiger partial charge is 0.308 e. The van der Waals surface area contributed by atoms with Gasteiger partial charge in [0.1, 0.15) is 12.4 Å². The van der Waals surface area contributed by atoms with Crippen molar-refractivity contribution < 1.29 is 19.0 Å². The first kappa shape index (κ1) is 23.5. The lowest BCUT2D eigenvalue weighted by Crippen LogP contribution is -2.46. The van der Waals surface area contributed by atoms with Gasteiger partial charge < -0.3 is 24.4 Å². The second kappa shape index (κ2) is 12.8. The molecule has 2 rings (SSSR count). The predicted octanol–water partition coefficient (Wildman–Crippen LogP) is 2.29. The van der Waals surface area contributed by atoms with E-state index in [1.54, 1.807) is 14.2 Å². The summed E-state index contributed by atoms with van der Waals surface area (Å²) in [6.07, 6.45) is 1.59. The topological polar surface area (TPSA) is 72.4 Å². The first-order chi connectivity index (χ1) is 12.7. The molecule has 0 unspecified atom stereocenters. The molecular weight excluding hydrogens is 461 g/mol. The number of carbonyl (C=O) groups excluding carboxylic acids is 1. The molecule has 1 heterocycles. The number of aliphatic imine (C=N–C) groups is 1. The fourth-order valence-corrected chi connectivity index (χ4v) is 2.95. The number of nitrogens with zero attached hydrogens (tertiary/aromatic N) is 2. The summed E-state index contributed by atoms with van der Waals surface area (Å²) in [6.45, 7) is 3.40. The molecule has 1 N–H and O–H groups in total. The van der Waals surface area contributed by atoms with Gasteiger partial charge in [-0.2, -0.15) is 0 Å². The number of carbonyl (C=O) groups is 1. The molecule has 0 amide bonds. The monoisotopic (exact) mass is 491 g/mol. The van der Waals surface area contributed by atoms with E-state index in [4.69, 9.17) is 14.2 Å². The van der Waals surface area contributed by atoms with E-state index in [0.717, 1.165) is 43.2 Å². The number of rotatable bonds is 7. The van der Waals surface area contributed by atoms with Crippen molar-refractivity contribution in [2.24, 2.45) is 10.9 Å². The van der Waals surface area contributed by atoms with Gasteiger partial charge in [0.05, 0.1) is 19.6 Å². The molecule has 0 saturated carbocycles. The van der Waals surface area contributed by atoms with E-state index in [-0.39, 0.29) is 35.9 Å². The number of piperidine rings is 1. The number of halogens is 1. The Labute approximate surface area is 178 Å². The van der Waals surface area contributed by atoms with Gasteiger partial charge in [0.15, 0.2) is 5.96 Å². The van der Waals surface area contributed by atoms with Crippen LogP contribution in [0.4, 0.5) is 0 Å². The van der Waals surface area contributed by atoms with Crippen molar-refractivity contribution in [1.82, 2.24) is 10.2 Å². The number of benzene rings is 1. The van der Waals surface area contributed by atoms with Crippen molar-refractivity contribution in [3.8, 4) is 5.75 Å². The van der Waals surface area contributed by atoms with Crippen LogP contribution in [0, 0.1) is 5.92 Å². The molecule has 1 fully saturated rings. The maximum atomic E-state index is 11.6. The quantitative estimate of drug-likeness (QED) is 0.208. The maximum absolute atomic E-state index is 11.6. The molecule has 0 spiro atoms. The molecule has 0 aliphatic carbocycles. The molecule has 152 valence electrons. The number of guanidine groups is 1. The molecule has 1 aromatic carbocycles. The molecule has 1 aliphatic heterocycles. The van der Waals surface area contributed by atoms with Gasteiger partial charge in [-0.25, -0.2) is 0 Å². The van der Waals surface area contributed by atoms with Crippen LogP contribution in [0.1, 0.15) is 18.4 Å². The predicted molar refractivity (Wildman–Crippen MR) is 116 cm³/mol. The van der Waals surface area contributed by atoms with E-state index >= 15 is 0 Å². The Morgan fingerprint density at radius 1 is 1.19 bits per heavy atom. The van der Waals surface area contributed by atoms with Crippen molar-refractivity contribution in [2.45, 2.75) is 19.4 Å². The first-order valence-electron chi connectivity index (χ1n) is 8.92. The summed E-state index contributed by atoms with van der Waals surface area (Å²) < 4.78 is 15.4. The summed E-state index contributed by atoms with van der Waals surface area (Å²) in [4.78, 5) is 18.2.